The van der Waals surface area contributed by atoms with Gasteiger partial charge < -0.3 is 10.1 Å². The van der Waals surface area contributed by atoms with E-state index in [-0.39, 0.29) is 6.54 Å². The standard InChI is InChI=1S/C8H18FNO4SSi/c1-16(2,3)7-5-14-8(11)10-4-6-15(9,12)13/h4-7H2,1-3H3,(H,10,11). The molecular formula is C8H18FNO4SSi. The summed E-state index contributed by atoms with van der Waals surface area (Å²) in [5.41, 5.74) is 0. The van der Waals surface area contributed by atoms with Crippen LogP contribution >= 0.6 is 0 Å². The van der Waals surface area contributed by atoms with Crippen molar-refractivity contribution < 1.29 is 21.8 Å². The van der Waals surface area contributed by atoms with E-state index in [0.717, 1.165) is 6.04 Å². The van der Waals surface area contributed by atoms with Crippen molar-refractivity contribution in [1.29, 1.82) is 0 Å². The highest BCUT2D eigenvalue weighted by Gasteiger charge is 2.14. The van der Waals surface area contributed by atoms with Crippen LogP contribution in [0.5, 0.6) is 0 Å². The fraction of sp³-hybridized carbons (Fsp3) is 0.875. The minimum atomic E-state index is -4.53. The monoisotopic (exact) mass is 271 g/mol. The first-order chi connectivity index (χ1) is 7.10. The summed E-state index contributed by atoms with van der Waals surface area (Å²) in [4.78, 5) is 11.0. The van der Waals surface area contributed by atoms with Gasteiger partial charge in [-0.2, -0.15) is 8.42 Å². The van der Waals surface area contributed by atoms with E-state index in [1.807, 2.05) is 0 Å². The van der Waals surface area contributed by atoms with Crippen molar-refractivity contribution in [2.24, 2.45) is 0 Å². The first-order valence-electron chi connectivity index (χ1n) is 4.93. The van der Waals surface area contributed by atoms with Gasteiger partial charge in [-0.1, -0.05) is 19.6 Å². The quantitative estimate of drug-likeness (QED) is 0.584. The molecule has 0 aromatic carbocycles. The maximum Gasteiger partial charge on any atom is 0.407 e. The Morgan fingerprint density at radius 3 is 2.38 bits per heavy atom. The molecule has 0 radical (unpaired) electrons. The molecule has 0 aliphatic rings. The number of alkyl carbamates (subject to hydrolysis) is 1. The third kappa shape index (κ3) is 11.4. The Balaban J connectivity index is 3.61. The van der Waals surface area contributed by atoms with Crippen LogP contribution < -0.4 is 5.32 Å². The van der Waals surface area contributed by atoms with Gasteiger partial charge in [0.2, 0.25) is 0 Å². The predicted molar refractivity (Wildman–Crippen MR) is 62.4 cm³/mol. The van der Waals surface area contributed by atoms with E-state index in [0.29, 0.717) is 6.61 Å². The molecule has 0 aliphatic heterocycles. The largest absolute Gasteiger partial charge is 0.450 e. The molecule has 0 atom stereocenters. The van der Waals surface area contributed by atoms with E-state index in [1.54, 1.807) is 0 Å². The third-order valence-corrected chi connectivity index (χ3v) is 4.10. The first kappa shape index (κ1) is 15.4. The fourth-order valence-corrected chi connectivity index (χ4v) is 1.84. The summed E-state index contributed by atoms with van der Waals surface area (Å²) in [5.74, 6) is -0.726. The van der Waals surface area contributed by atoms with Crippen molar-refractivity contribution in [3.8, 4) is 0 Å². The number of carbonyl (C=O) groups is 1. The average Bonchev–Trinajstić information content (AvgIpc) is 1.98. The van der Waals surface area contributed by atoms with Gasteiger partial charge in [0.25, 0.3) is 0 Å². The molecule has 0 saturated heterocycles. The van der Waals surface area contributed by atoms with E-state index < -0.39 is 30.1 Å². The second kappa shape index (κ2) is 6.19. The summed E-state index contributed by atoms with van der Waals surface area (Å²) < 4.78 is 37.0. The number of ether oxygens (including phenoxy) is 1. The lowest BCUT2D eigenvalue weighted by molar-refractivity contribution is 0.152. The van der Waals surface area contributed by atoms with E-state index >= 15 is 0 Å². The summed E-state index contributed by atoms with van der Waals surface area (Å²) in [6.07, 6.45) is -0.707. The van der Waals surface area contributed by atoms with Crippen molar-refractivity contribution in [2.45, 2.75) is 25.7 Å². The summed E-state index contributed by atoms with van der Waals surface area (Å²) in [7, 11) is -5.77. The molecule has 1 amide bonds. The van der Waals surface area contributed by atoms with Crippen LogP contribution in [0.3, 0.4) is 0 Å². The Hall–Kier alpha value is -0.633. The molecule has 0 heterocycles. The molecular weight excluding hydrogens is 253 g/mol. The minimum absolute atomic E-state index is 0.273. The van der Waals surface area contributed by atoms with E-state index in [2.05, 4.69) is 25.0 Å². The Labute approximate surface area is 96.6 Å². The normalized spacial score (nSPS) is 12.2. The van der Waals surface area contributed by atoms with Crippen LogP contribution in [0, 0.1) is 0 Å². The van der Waals surface area contributed by atoms with Gasteiger partial charge in [0.05, 0.1) is 12.4 Å². The van der Waals surface area contributed by atoms with Gasteiger partial charge >= 0.3 is 16.3 Å². The summed E-state index contributed by atoms with van der Waals surface area (Å²) in [6, 6.07) is 0.835. The van der Waals surface area contributed by atoms with Crippen LogP contribution in [-0.4, -0.2) is 41.5 Å². The highest BCUT2D eigenvalue weighted by atomic mass is 32.3. The summed E-state index contributed by atoms with van der Waals surface area (Å²) >= 11 is 0. The van der Waals surface area contributed by atoms with Crippen LogP contribution in [0.1, 0.15) is 0 Å². The molecule has 0 spiro atoms. The number of hydrogen-bond acceptors (Lipinski definition) is 4. The lowest BCUT2D eigenvalue weighted by atomic mass is 10.7. The zero-order valence-corrected chi connectivity index (χ0v) is 11.6. The molecule has 0 fully saturated rings. The molecule has 16 heavy (non-hydrogen) atoms. The van der Waals surface area contributed by atoms with E-state index in [1.165, 1.54) is 0 Å². The molecule has 0 aromatic heterocycles. The molecule has 8 heteroatoms. The van der Waals surface area contributed by atoms with E-state index in [4.69, 9.17) is 4.74 Å². The highest BCUT2D eigenvalue weighted by Crippen LogP contribution is 2.07. The molecule has 0 bridgehead atoms. The van der Waals surface area contributed by atoms with Crippen LogP contribution in [0.25, 0.3) is 0 Å². The number of carbonyl (C=O) groups excluding carboxylic acids is 1. The number of rotatable bonds is 6. The van der Waals surface area contributed by atoms with Gasteiger partial charge in [-0.05, 0) is 6.04 Å². The molecule has 0 saturated carbocycles. The molecule has 96 valence electrons. The van der Waals surface area contributed by atoms with Gasteiger partial charge in [-0.3, -0.25) is 0 Å². The van der Waals surface area contributed by atoms with Crippen LogP contribution in [0.4, 0.5) is 8.68 Å². The second-order valence-electron chi connectivity index (χ2n) is 4.62. The Kier molecular flexibility index (Phi) is 5.94. The Morgan fingerprint density at radius 2 is 1.94 bits per heavy atom. The predicted octanol–water partition coefficient (Wildman–Crippen LogP) is 1.35. The summed E-state index contributed by atoms with van der Waals surface area (Å²) in [6.45, 7) is 6.46. The number of amides is 1. The highest BCUT2D eigenvalue weighted by molar-refractivity contribution is 7.86. The van der Waals surface area contributed by atoms with Gasteiger partial charge in [0.1, 0.15) is 0 Å². The SMILES string of the molecule is C[Si](C)(C)CCOC(=O)NCCS(=O)(=O)F. The second-order valence-corrected chi connectivity index (χ2v) is 11.7. The minimum Gasteiger partial charge on any atom is -0.450 e. The molecule has 1 N–H and O–H groups in total. The zero-order chi connectivity index (χ0) is 12.8. The van der Waals surface area contributed by atoms with Gasteiger partial charge in [-0.15, -0.1) is 3.89 Å². The maximum atomic E-state index is 12.0. The molecule has 0 aromatic rings. The summed E-state index contributed by atoms with van der Waals surface area (Å²) in [5, 5.41) is 2.16. The first-order valence-corrected chi connectivity index (χ1v) is 10.2. The fourth-order valence-electron chi connectivity index (χ4n) is 0.776. The van der Waals surface area contributed by atoms with E-state index in [9.17, 15) is 17.1 Å². The molecule has 0 rings (SSSR count). The number of nitrogens with one attached hydrogen (secondary N) is 1. The smallest absolute Gasteiger partial charge is 0.407 e. The zero-order valence-electron chi connectivity index (χ0n) is 9.75. The molecule has 5 nitrogen and oxygen atoms in total. The average molecular weight is 271 g/mol. The van der Waals surface area contributed by atoms with Gasteiger partial charge in [-0.25, -0.2) is 4.79 Å². The maximum absolute atomic E-state index is 12.0. The molecule has 0 aliphatic carbocycles. The number of halogens is 1. The van der Waals surface area contributed by atoms with Crippen molar-refractivity contribution in [3.05, 3.63) is 0 Å². The van der Waals surface area contributed by atoms with Crippen molar-refractivity contribution >= 4 is 24.4 Å². The molecule has 0 unspecified atom stereocenters. The van der Waals surface area contributed by atoms with Crippen molar-refractivity contribution in [3.63, 3.8) is 0 Å². The lowest BCUT2D eigenvalue weighted by Gasteiger charge is -2.15. The van der Waals surface area contributed by atoms with Crippen LogP contribution in [0.15, 0.2) is 0 Å². The lowest BCUT2D eigenvalue weighted by Crippen LogP contribution is -2.30. The topological polar surface area (TPSA) is 72.5 Å². The van der Waals surface area contributed by atoms with Crippen molar-refractivity contribution in [2.75, 3.05) is 18.9 Å². The van der Waals surface area contributed by atoms with Gasteiger partial charge in [0.15, 0.2) is 0 Å². The van der Waals surface area contributed by atoms with Crippen LogP contribution in [-0.2, 0) is 15.0 Å². The Bertz CT molecular complexity index is 325. The Morgan fingerprint density at radius 1 is 1.38 bits per heavy atom. The van der Waals surface area contributed by atoms with Crippen molar-refractivity contribution in [1.82, 2.24) is 5.32 Å². The van der Waals surface area contributed by atoms with Gasteiger partial charge in [0, 0.05) is 14.6 Å². The van der Waals surface area contributed by atoms with Crippen LogP contribution in [0.2, 0.25) is 25.7 Å². The third-order valence-electron chi connectivity index (χ3n) is 1.70. The number of hydrogen-bond donors (Lipinski definition) is 1.